The highest BCUT2D eigenvalue weighted by Gasteiger charge is 2.25. The summed E-state index contributed by atoms with van der Waals surface area (Å²) in [5, 5.41) is 0. The Balaban J connectivity index is 1.50. The van der Waals surface area contributed by atoms with Crippen LogP contribution in [-0.2, 0) is 24.3 Å². The van der Waals surface area contributed by atoms with E-state index in [4.69, 9.17) is 4.74 Å². The van der Waals surface area contributed by atoms with Gasteiger partial charge in [0.25, 0.3) is 5.91 Å². The molecule has 7 nitrogen and oxygen atoms in total. The first kappa shape index (κ1) is 23.5. The number of ether oxygens (including phenoxy) is 1. The van der Waals surface area contributed by atoms with Crippen LogP contribution in [0.3, 0.4) is 0 Å². The molecule has 1 aromatic carbocycles. The predicted octanol–water partition coefficient (Wildman–Crippen LogP) is 3.07. The first-order chi connectivity index (χ1) is 14.9. The molecule has 2 heterocycles. The van der Waals surface area contributed by atoms with Crippen LogP contribution in [0.2, 0.25) is 0 Å². The lowest BCUT2D eigenvalue weighted by atomic mass is 9.99. The molecule has 3 rings (SSSR count). The second kappa shape index (κ2) is 10.9. The number of likely N-dealkylation sites (tertiary alicyclic amines) is 1. The van der Waals surface area contributed by atoms with E-state index in [2.05, 4.69) is 6.92 Å². The van der Waals surface area contributed by atoms with Crippen molar-refractivity contribution in [3.05, 3.63) is 35.9 Å². The van der Waals surface area contributed by atoms with Gasteiger partial charge >= 0.3 is 5.97 Å². The minimum Gasteiger partial charge on any atom is -0.452 e. The molecule has 0 aliphatic carbocycles. The zero-order valence-electron chi connectivity index (χ0n) is 18.2. The standard InChI is InChI=1S/C23H32N2O5S/c1-19-12-16-24(17-13-19)22(26)18-30-23(27)11-8-20-6-9-21(10-7-20)31(28,29)25-14-4-2-3-5-15-25/h6-11,19H,2-5,12-18H2,1H3/b11-8+. The Morgan fingerprint density at radius 2 is 1.61 bits per heavy atom. The molecule has 0 bridgehead atoms. The number of hydrogen-bond donors (Lipinski definition) is 0. The summed E-state index contributed by atoms with van der Waals surface area (Å²) < 4.78 is 32.2. The normalized spacial score (nSPS) is 19.3. The Bertz CT molecular complexity index is 879. The van der Waals surface area contributed by atoms with E-state index in [9.17, 15) is 18.0 Å². The summed E-state index contributed by atoms with van der Waals surface area (Å²) in [6, 6.07) is 6.45. The number of nitrogens with zero attached hydrogens (tertiary/aromatic N) is 2. The maximum atomic E-state index is 12.8. The van der Waals surface area contributed by atoms with Crippen molar-refractivity contribution in [3.63, 3.8) is 0 Å². The Hall–Kier alpha value is -2.19. The Morgan fingerprint density at radius 3 is 2.23 bits per heavy atom. The molecule has 0 unspecified atom stereocenters. The third kappa shape index (κ3) is 6.64. The van der Waals surface area contributed by atoms with E-state index >= 15 is 0 Å². The summed E-state index contributed by atoms with van der Waals surface area (Å²) in [4.78, 5) is 26.1. The van der Waals surface area contributed by atoms with Gasteiger partial charge < -0.3 is 9.64 Å². The van der Waals surface area contributed by atoms with E-state index in [0.717, 1.165) is 38.5 Å². The van der Waals surface area contributed by atoms with Crippen molar-refractivity contribution in [2.24, 2.45) is 5.92 Å². The summed E-state index contributed by atoms with van der Waals surface area (Å²) >= 11 is 0. The maximum Gasteiger partial charge on any atom is 0.331 e. The van der Waals surface area contributed by atoms with E-state index < -0.39 is 16.0 Å². The monoisotopic (exact) mass is 448 g/mol. The van der Waals surface area contributed by atoms with E-state index in [0.29, 0.717) is 37.7 Å². The van der Waals surface area contributed by atoms with Crippen LogP contribution >= 0.6 is 0 Å². The average molecular weight is 449 g/mol. The highest BCUT2D eigenvalue weighted by Crippen LogP contribution is 2.21. The van der Waals surface area contributed by atoms with Crippen LogP contribution in [0, 0.1) is 5.92 Å². The average Bonchev–Trinajstić information content (AvgIpc) is 3.07. The summed E-state index contributed by atoms with van der Waals surface area (Å²) in [5.74, 6) is -0.142. The van der Waals surface area contributed by atoms with Crippen molar-refractivity contribution >= 4 is 28.0 Å². The van der Waals surface area contributed by atoms with E-state index in [1.165, 1.54) is 6.08 Å². The molecule has 1 aromatic rings. The number of sulfonamides is 1. The second-order valence-electron chi connectivity index (χ2n) is 8.39. The Kier molecular flexibility index (Phi) is 8.26. The molecule has 31 heavy (non-hydrogen) atoms. The van der Waals surface area contributed by atoms with Crippen molar-refractivity contribution in [3.8, 4) is 0 Å². The quantitative estimate of drug-likeness (QED) is 0.493. The summed E-state index contributed by atoms with van der Waals surface area (Å²) in [6.07, 6.45) is 8.67. The highest BCUT2D eigenvalue weighted by molar-refractivity contribution is 7.89. The lowest BCUT2D eigenvalue weighted by molar-refractivity contribution is -0.148. The zero-order valence-corrected chi connectivity index (χ0v) is 19.0. The molecule has 1 amide bonds. The molecule has 0 spiro atoms. The predicted molar refractivity (Wildman–Crippen MR) is 119 cm³/mol. The number of esters is 1. The minimum atomic E-state index is -3.49. The molecule has 170 valence electrons. The van der Waals surface area contributed by atoms with Gasteiger partial charge in [0, 0.05) is 32.3 Å². The van der Waals surface area contributed by atoms with Crippen LogP contribution in [-0.4, -0.2) is 62.3 Å². The molecular formula is C23H32N2O5S. The van der Waals surface area contributed by atoms with Crippen molar-refractivity contribution in [2.45, 2.75) is 50.3 Å². The van der Waals surface area contributed by atoms with Gasteiger partial charge in [0.1, 0.15) is 0 Å². The Morgan fingerprint density at radius 1 is 1.00 bits per heavy atom. The molecule has 8 heteroatoms. The van der Waals surface area contributed by atoms with Crippen LogP contribution in [0.15, 0.2) is 35.2 Å². The summed E-state index contributed by atoms with van der Waals surface area (Å²) in [5.41, 5.74) is 0.683. The van der Waals surface area contributed by atoms with Gasteiger partial charge in [0.2, 0.25) is 10.0 Å². The maximum absolute atomic E-state index is 12.8. The number of carbonyl (C=O) groups excluding carboxylic acids is 2. The van der Waals surface area contributed by atoms with Gasteiger partial charge in [-0.05, 0) is 55.4 Å². The molecule has 0 radical (unpaired) electrons. The van der Waals surface area contributed by atoms with Crippen LogP contribution < -0.4 is 0 Å². The molecule has 0 N–H and O–H groups in total. The number of carbonyl (C=O) groups is 2. The van der Waals surface area contributed by atoms with E-state index in [1.54, 1.807) is 39.5 Å². The van der Waals surface area contributed by atoms with Gasteiger partial charge in [-0.2, -0.15) is 4.31 Å². The van der Waals surface area contributed by atoms with Crippen molar-refractivity contribution in [2.75, 3.05) is 32.8 Å². The minimum absolute atomic E-state index is 0.170. The summed E-state index contributed by atoms with van der Waals surface area (Å²) in [6.45, 7) is 4.45. The van der Waals surface area contributed by atoms with Crippen LogP contribution in [0.4, 0.5) is 0 Å². The van der Waals surface area contributed by atoms with Gasteiger partial charge in [-0.3, -0.25) is 4.79 Å². The summed E-state index contributed by atoms with van der Waals surface area (Å²) in [7, 11) is -3.49. The number of hydrogen-bond acceptors (Lipinski definition) is 5. The molecule has 0 saturated carbocycles. The first-order valence-corrected chi connectivity index (χ1v) is 12.5. The largest absolute Gasteiger partial charge is 0.452 e. The molecule has 2 fully saturated rings. The molecule has 2 aliphatic rings. The number of rotatable bonds is 6. The smallest absolute Gasteiger partial charge is 0.331 e. The van der Waals surface area contributed by atoms with Gasteiger partial charge in [0.05, 0.1) is 4.90 Å². The molecule has 2 saturated heterocycles. The molecule has 2 aliphatic heterocycles. The fraction of sp³-hybridized carbons (Fsp3) is 0.565. The van der Waals surface area contributed by atoms with Gasteiger partial charge in [0.15, 0.2) is 6.61 Å². The van der Waals surface area contributed by atoms with Crippen molar-refractivity contribution in [1.29, 1.82) is 0 Å². The SMILES string of the molecule is CC1CCN(C(=O)COC(=O)/C=C/c2ccc(S(=O)(=O)N3CCCCCC3)cc2)CC1. The Labute approximate surface area is 185 Å². The van der Waals surface area contributed by atoms with Crippen LogP contribution in [0.1, 0.15) is 51.0 Å². The van der Waals surface area contributed by atoms with Gasteiger partial charge in [-0.1, -0.05) is 31.9 Å². The van der Waals surface area contributed by atoms with E-state index in [1.807, 2.05) is 0 Å². The van der Waals surface area contributed by atoms with Gasteiger partial charge in [-0.15, -0.1) is 0 Å². The van der Waals surface area contributed by atoms with E-state index in [-0.39, 0.29) is 17.4 Å². The van der Waals surface area contributed by atoms with Crippen LogP contribution in [0.25, 0.3) is 6.08 Å². The van der Waals surface area contributed by atoms with Gasteiger partial charge in [-0.25, -0.2) is 13.2 Å². The number of benzene rings is 1. The fourth-order valence-corrected chi connectivity index (χ4v) is 5.39. The molecule has 0 aromatic heterocycles. The fourth-order valence-electron chi connectivity index (χ4n) is 3.88. The molecular weight excluding hydrogens is 416 g/mol. The van der Waals surface area contributed by atoms with Crippen molar-refractivity contribution < 1.29 is 22.7 Å². The third-order valence-corrected chi connectivity index (χ3v) is 7.88. The topological polar surface area (TPSA) is 84.0 Å². The lowest BCUT2D eigenvalue weighted by Gasteiger charge is -2.30. The highest BCUT2D eigenvalue weighted by atomic mass is 32.2. The third-order valence-electron chi connectivity index (χ3n) is 5.97. The zero-order chi connectivity index (χ0) is 22.3. The number of amides is 1. The number of piperidine rings is 1. The first-order valence-electron chi connectivity index (χ1n) is 11.1. The van der Waals surface area contributed by atoms with Crippen LogP contribution in [0.5, 0.6) is 0 Å². The second-order valence-corrected chi connectivity index (χ2v) is 10.3. The lowest BCUT2D eigenvalue weighted by Crippen LogP contribution is -2.40. The van der Waals surface area contributed by atoms with Crippen molar-refractivity contribution in [1.82, 2.24) is 9.21 Å². The molecule has 0 atom stereocenters.